The van der Waals surface area contributed by atoms with Gasteiger partial charge >= 0.3 is 12.3 Å². The molecule has 0 saturated heterocycles. The molecule has 0 aliphatic carbocycles. The van der Waals surface area contributed by atoms with Gasteiger partial charge in [0.15, 0.2) is 0 Å². The van der Waals surface area contributed by atoms with E-state index in [1.807, 2.05) is 0 Å². The van der Waals surface area contributed by atoms with Gasteiger partial charge in [0.25, 0.3) is 0 Å². The molecule has 2 N–H and O–H groups in total. The highest BCUT2D eigenvalue weighted by Gasteiger charge is 2.36. The van der Waals surface area contributed by atoms with E-state index in [2.05, 4.69) is 20.0 Å². The van der Waals surface area contributed by atoms with Crippen LogP contribution in [0.4, 0.5) is 23.1 Å². The number of nitrogens with zero attached hydrogens (tertiary/aromatic N) is 2. The van der Waals surface area contributed by atoms with Crippen LogP contribution in [-0.4, -0.2) is 34.1 Å². The average Bonchev–Trinajstić information content (AvgIpc) is 2.74. The number of alkyl carbamates (subject to hydrolysis) is 1. The summed E-state index contributed by atoms with van der Waals surface area (Å²) in [6, 6.07) is 0. The third kappa shape index (κ3) is 7.11. The van der Waals surface area contributed by atoms with Gasteiger partial charge in [0.2, 0.25) is 11.0 Å². The summed E-state index contributed by atoms with van der Waals surface area (Å²) in [6.45, 7) is 5.96. The second-order valence-electron chi connectivity index (χ2n) is 5.13. The van der Waals surface area contributed by atoms with E-state index in [1.165, 1.54) is 0 Å². The molecule has 0 aliphatic heterocycles. The quantitative estimate of drug-likeness (QED) is 0.814. The van der Waals surface area contributed by atoms with Gasteiger partial charge in [-0.1, -0.05) is 0 Å². The van der Waals surface area contributed by atoms with E-state index in [1.54, 1.807) is 20.8 Å². The normalized spacial score (nSPS) is 12.1. The molecule has 120 valence electrons. The number of halogens is 3. The van der Waals surface area contributed by atoms with E-state index in [0.717, 1.165) is 0 Å². The summed E-state index contributed by atoms with van der Waals surface area (Å²) in [5.74, 6) is -1.15. The minimum atomic E-state index is -4.53. The van der Waals surface area contributed by atoms with Crippen molar-refractivity contribution in [1.29, 1.82) is 0 Å². The Balaban J connectivity index is 2.20. The van der Waals surface area contributed by atoms with Crippen LogP contribution in [0.3, 0.4) is 0 Å². The minimum Gasteiger partial charge on any atom is -0.444 e. The lowest BCUT2D eigenvalue weighted by Gasteiger charge is -2.19. The number of alkyl halides is 3. The van der Waals surface area contributed by atoms with Crippen LogP contribution >= 0.6 is 11.5 Å². The highest BCUT2D eigenvalue weighted by atomic mass is 32.1. The number of carbonyl (C=O) groups excluding carboxylic acids is 1. The molecular weight excluding hydrogens is 309 g/mol. The zero-order valence-electron chi connectivity index (χ0n) is 11.9. The van der Waals surface area contributed by atoms with Crippen LogP contribution in [-0.2, 0) is 10.9 Å². The Labute approximate surface area is 124 Å². The highest BCUT2D eigenvalue weighted by molar-refractivity contribution is 7.09. The molecule has 10 heteroatoms. The second kappa shape index (κ2) is 6.92. The zero-order valence-corrected chi connectivity index (χ0v) is 12.7. The molecule has 1 aromatic rings. The minimum absolute atomic E-state index is 0.0968. The fourth-order valence-electron chi connectivity index (χ4n) is 1.20. The fourth-order valence-corrected chi connectivity index (χ4v) is 1.81. The molecular formula is C11H17F3N4O2S. The molecule has 1 aromatic heterocycles. The number of aromatic nitrogens is 2. The Kier molecular flexibility index (Phi) is 5.76. The van der Waals surface area contributed by atoms with Crippen molar-refractivity contribution in [3.05, 3.63) is 5.82 Å². The molecule has 0 spiro atoms. The first-order chi connectivity index (χ1) is 9.58. The predicted molar refractivity (Wildman–Crippen MR) is 72.3 cm³/mol. The maximum absolute atomic E-state index is 12.3. The Morgan fingerprint density at radius 2 is 1.95 bits per heavy atom. The van der Waals surface area contributed by atoms with Crippen molar-refractivity contribution in [2.45, 2.75) is 39.0 Å². The number of carbonyl (C=O) groups is 1. The van der Waals surface area contributed by atoms with Gasteiger partial charge in [0, 0.05) is 24.6 Å². The number of rotatable bonds is 5. The summed E-state index contributed by atoms with van der Waals surface area (Å²) in [6.07, 6.45) is -4.55. The zero-order chi connectivity index (χ0) is 16.1. The molecule has 21 heavy (non-hydrogen) atoms. The van der Waals surface area contributed by atoms with E-state index in [9.17, 15) is 18.0 Å². The van der Waals surface area contributed by atoms with Crippen LogP contribution < -0.4 is 10.6 Å². The van der Waals surface area contributed by atoms with Crippen LogP contribution in [0.15, 0.2) is 0 Å². The maximum Gasteiger partial charge on any atom is 0.452 e. The number of anilines is 1. The van der Waals surface area contributed by atoms with Gasteiger partial charge in [0.1, 0.15) is 5.60 Å². The van der Waals surface area contributed by atoms with Crippen molar-refractivity contribution in [2.24, 2.45) is 0 Å². The molecule has 0 bridgehead atoms. The summed E-state index contributed by atoms with van der Waals surface area (Å²) >= 11 is 0.644. The van der Waals surface area contributed by atoms with E-state index in [4.69, 9.17) is 4.74 Å². The lowest BCUT2D eigenvalue weighted by Crippen LogP contribution is -2.33. The van der Waals surface area contributed by atoms with Gasteiger partial charge in [0.05, 0.1) is 0 Å². The Bertz CT molecular complexity index is 471. The highest BCUT2D eigenvalue weighted by Crippen LogP contribution is 2.28. The van der Waals surface area contributed by atoms with Crippen molar-refractivity contribution >= 4 is 22.8 Å². The van der Waals surface area contributed by atoms with Crippen LogP contribution in [0.5, 0.6) is 0 Å². The molecule has 0 atom stereocenters. The monoisotopic (exact) mass is 326 g/mol. The second-order valence-corrected chi connectivity index (χ2v) is 5.88. The molecule has 1 rings (SSSR count). The molecule has 0 radical (unpaired) electrons. The van der Waals surface area contributed by atoms with Crippen molar-refractivity contribution < 1.29 is 22.7 Å². The van der Waals surface area contributed by atoms with Gasteiger partial charge in [-0.3, -0.25) is 0 Å². The molecule has 1 amide bonds. The number of amides is 1. The van der Waals surface area contributed by atoms with Crippen LogP contribution in [0.25, 0.3) is 0 Å². The Hall–Kier alpha value is -1.58. The largest absolute Gasteiger partial charge is 0.452 e. The smallest absolute Gasteiger partial charge is 0.444 e. The Morgan fingerprint density at radius 3 is 2.48 bits per heavy atom. The molecule has 1 heterocycles. The third-order valence-electron chi connectivity index (χ3n) is 1.98. The molecule has 0 aromatic carbocycles. The topological polar surface area (TPSA) is 76.1 Å². The summed E-state index contributed by atoms with van der Waals surface area (Å²) in [7, 11) is 0. The summed E-state index contributed by atoms with van der Waals surface area (Å²) in [4.78, 5) is 14.6. The lowest BCUT2D eigenvalue weighted by atomic mass is 10.2. The fraction of sp³-hybridized carbons (Fsp3) is 0.727. The molecule has 0 aliphatic rings. The van der Waals surface area contributed by atoms with E-state index in [0.29, 0.717) is 31.0 Å². The number of ether oxygens (including phenoxy) is 1. The summed E-state index contributed by atoms with van der Waals surface area (Å²) in [5, 5.41) is 5.35. The van der Waals surface area contributed by atoms with Gasteiger partial charge in [-0.2, -0.15) is 22.5 Å². The van der Waals surface area contributed by atoms with Gasteiger partial charge < -0.3 is 15.4 Å². The Morgan fingerprint density at radius 1 is 1.29 bits per heavy atom. The first kappa shape index (κ1) is 17.5. The van der Waals surface area contributed by atoms with Crippen molar-refractivity contribution in [2.75, 3.05) is 18.4 Å². The maximum atomic E-state index is 12.3. The van der Waals surface area contributed by atoms with Crippen molar-refractivity contribution in [3.63, 3.8) is 0 Å². The van der Waals surface area contributed by atoms with E-state index in [-0.39, 0.29) is 5.13 Å². The van der Waals surface area contributed by atoms with Gasteiger partial charge in [-0.05, 0) is 27.2 Å². The first-order valence-corrected chi connectivity index (χ1v) is 6.97. The van der Waals surface area contributed by atoms with Crippen LogP contribution in [0.1, 0.15) is 33.0 Å². The van der Waals surface area contributed by atoms with Crippen molar-refractivity contribution in [3.8, 4) is 0 Å². The average molecular weight is 326 g/mol. The third-order valence-corrected chi connectivity index (χ3v) is 2.65. The molecule has 0 fully saturated rings. The van der Waals surface area contributed by atoms with E-state index < -0.39 is 23.7 Å². The van der Waals surface area contributed by atoms with Crippen LogP contribution in [0.2, 0.25) is 0 Å². The molecule has 0 saturated carbocycles. The van der Waals surface area contributed by atoms with Gasteiger partial charge in [-0.25, -0.2) is 4.79 Å². The SMILES string of the molecule is CC(C)(C)OC(=O)NCCCNc1nc(C(F)(F)F)ns1. The summed E-state index contributed by atoms with van der Waals surface area (Å²) in [5.41, 5.74) is -0.567. The molecule has 0 unspecified atom stereocenters. The summed E-state index contributed by atoms with van der Waals surface area (Å²) < 4.78 is 45.0. The number of nitrogens with one attached hydrogen (secondary N) is 2. The first-order valence-electron chi connectivity index (χ1n) is 6.19. The standard InChI is InChI=1S/C11H17F3N4O2S/c1-10(2,3)20-9(19)16-6-4-5-15-8-17-7(18-21-8)11(12,13)14/h4-6H2,1-3H3,(H,16,19)(H,15,17,18). The van der Waals surface area contributed by atoms with Crippen molar-refractivity contribution in [1.82, 2.24) is 14.7 Å². The van der Waals surface area contributed by atoms with Crippen LogP contribution in [0, 0.1) is 0 Å². The predicted octanol–water partition coefficient (Wildman–Crippen LogP) is 2.88. The lowest BCUT2D eigenvalue weighted by molar-refractivity contribution is -0.144. The van der Waals surface area contributed by atoms with Gasteiger partial charge in [-0.15, -0.1) is 0 Å². The number of hydrogen-bond donors (Lipinski definition) is 2. The number of hydrogen-bond acceptors (Lipinski definition) is 6. The molecule has 6 nitrogen and oxygen atoms in total. The van der Waals surface area contributed by atoms with E-state index >= 15 is 0 Å².